The van der Waals surface area contributed by atoms with Gasteiger partial charge in [0.15, 0.2) is 18.1 Å². The number of anilines is 1. The van der Waals surface area contributed by atoms with Crippen LogP contribution < -0.4 is 15.8 Å². The maximum Gasteiger partial charge on any atom is 0.405 e. The summed E-state index contributed by atoms with van der Waals surface area (Å²) >= 11 is 3.15. The Morgan fingerprint density at radius 2 is 2.00 bits per heavy atom. The van der Waals surface area contributed by atoms with E-state index < -0.39 is 25.2 Å². The number of amides is 1. The van der Waals surface area contributed by atoms with Crippen LogP contribution in [-0.4, -0.2) is 31.0 Å². The van der Waals surface area contributed by atoms with Gasteiger partial charge in [-0.05, 0) is 19.1 Å². The number of hydrogen-bond acceptors (Lipinski definition) is 4. The molecule has 0 saturated carbocycles. The number of nitrogen functional groups attached to an aromatic ring is 1. The van der Waals surface area contributed by atoms with Gasteiger partial charge < -0.3 is 15.8 Å². The second-order valence-corrected chi connectivity index (χ2v) is 5.02. The van der Waals surface area contributed by atoms with Gasteiger partial charge in [-0.2, -0.15) is 13.2 Å². The lowest BCUT2D eigenvalue weighted by Gasteiger charge is -2.13. The third-order valence-corrected chi connectivity index (χ3v) is 2.75. The molecule has 1 rings (SSSR count). The van der Waals surface area contributed by atoms with E-state index >= 15 is 0 Å². The first-order valence-corrected chi connectivity index (χ1v) is 6.45. The van der Waals surface area contributed by atoms with Gasteiger partial charge in [-0.15, -0.1) is 0 Å². The molecular weight excluding hydrogens is 357 g/mol. The van der Waals surface area contributed by atoms with Crippen LogP contribution in [0.15, 0.2) is 16.6 Å². The van der Waals surface area contributed by atoms with E-state index in [1.165, 1.54) is 19.1 Å². The Bertz CT molecular complexity index is 561. The third-order valence-electron chi connectivity index (χ3n) is 2.30. The van der Waals surface area contributed by atoms with Crippen molar-refractivity contribution in [2.75, 3.05) is 18.9 Å². The van der Waals surface area contributed by atoms with Crippen LogP contribution in [0.2, 0.25) is 0 Å². The predicted octanol–water partition coefficient (Wildman–Crippen LogP) is 2.29. The van der Waals surface area contributed by atoms with Gasteiger partial charge in [0, 0.05) is 4.47 Å². The monoisotopic (exact) mass is 368 g/mol. The molecular formula is C12H12BrF3N2O3. The van der Waals surface area contributed by atoms with E-state index in [9.17, 15) is 22.8 Å². The molecule has 0 bridgehead atoms. The lowest BCUT2D eigenvalue weighted by atomic mass is 10.1. The number of hydrogen-bond donors (Lipinski definition) is 2. The molecule has 0 radical (unpaired) electrons. The number of alkyl halides is 3. The Morgan fingerprint density at radius 3 is 2.52 bits per heavy atom. The minimum Gasteiger partial charge on any atom is -0.481 e. The summed E-state index contributed by atoms with van der Waals surface area (Å²) in [6.07, 6.45) is -4.50. The summed E-state index contributed by atoms with van der Waals surface area (Å²) in [4.78, 5) is 22.7. The minimum absolute atomic E-state index is 0.0344. The quantitative estimate of drug-likeness (QED) is 0.617. The van der Waals surface area contributed by atoms with Gasteiger partial charge in [-0.25, -0.2) is 0 Å². The topological polar surface area (TPSA) is 81.4 Å². The zero-order valence-electron chi connectivity index (χ0n) is 10.9. The number of rotatable bonds is 5. The molecule has 0 fully saturated rings. The maximum atomic E-state index is 11.9. The number of halogens is 4. The average molecular weight is 369 g/mol. The van der Waals surface area contributed by atoms with Crippen molar-refractivity contribution < 1.29 is 27.5 Å². The number of ether oxygens (including phenoxy) is 1. The van der Waals surface area contributed by atoms with E-state index in [1.807, 2.05) is 0 Å². The highest BCUT2D eigenvalue weighted by molar-refractivity contribution is 9.10. The molecule has 0 aliphatic heterocycles. The Kier molecular flexibility index (Phi) is 5.59. The van der Waals surface area contributed by atoms with Crippen LogP contribution in [0.5, 0.6) is 5.75 Å². The first-order valence-electron chi connectivity index (χ1n) is 5.66. The fourth-order valence-electron chi connectivity index (χ4n) is 1.42. The van der Waals surface area contributed by atoms with E-state index in [2.05, 4.69) is 15.9 Å². The Balaban J connectivity index is 2.75. The average Bonchev–Trinajstić information content (AvgIpc) is 2.33. The summed E-state index contributed by atoms with van der Waals surface area (Å²) in [5.41, 5.74) is 5.90. The molecule has 0 unspecified atom stereocenters. The molecule has 116 valence electrons. The van der Waals surface area contributed by atoms with E-state index in [0.717, 1.165) is 0 Å². The molecule has 1 amide bonds. The fraction of sp³-hybridized carbons (Fsp3) is 0.333. The number of ketones is 1. The Labute approximate surface area is 126 Å². The van der Waals surface area contributed by atoms with Crippen molar-refractivity contribution >= 4 is 33.3 Å². The second kappa shape index (κ2) is 6.79. The SMILES string of the molecule is CC(=O)c1cc(Br)cc(N)c1OCC(=O)NCC(F)(F)F. The number of benzene rings is 1. The molecule has 1 aromatic rings. The van der Waals surface area contributed by atoms with Gasteiger partial charge in [-0.3, -0.25) is 9.59 Å². The lowest BCUT2D eigenvalue weighted by molar-refractivity contribution is -0.139. The molecule has 0 heterocycles. The highest BCUT2D eigenvalue weighted by Crippen LogP contribution is 2.31. The van der Waals surface area contributed by atoms with Crippen molar-refractivity contribution in [3.63, 3.8) is 0 Å². The second-order valence-electron chi connectivity index (χ2n) is 4.11. The van der Waals surface area contributed by atoms with E-state index in [-0.39, 0.29) is 22.8 Å². The van der Waals surface area contributed by atoms with Crippen molar-refractivity contribution in [1.82, 2.24) is 5.32 Å². The summed E-state index contributed by atoms with van der Waals surface area (Å²) < 4.78 is 41.4. The molecule has 21 heavy (non-hydrogen) atoms. The molecule has 5 nitrogen and oxygen atoms in total. The number of Topliss-reactive ketones (excluding diaryl/α,β-unsaturated/α-hetero) is 1. The van der Waals surface area contributed by atoms with Gasteiger partial charge in [0.1, 0.15) is 6.54 Å². The van der Waals surface area contributed by atoms with Crippen molar-refractivity contribution in [1.29, 1.82) is 0 Å². The van der Waals surface area contributed by atoms with Crippen LogP contribution in [0.3, 0.4) is 0 Å². The molecule has 0 aliphatic carbocycles. The zero-order chi connectivity index (χ0) is 16.2. The zero-order valence-corrected chi connectivity index (χ0v) is 12.5. The number of nitrogens with one attached hydrogen (secondary N) is 1. The van der Waals surface area contributed by atoms with Crippen LogP contribution in [0.1, 0.15) is 17.3 Å². The molecule has 0 aromatic heterocycles. The van der Waals surface area contributed by atoms with Gasteiger partial charge >= 0.3 is 6.18 Å². The third kappa shape index (κ3) is 5.62. The molecule has 0 atom stereocenters. The summed E-state index contributed by atoms with van der Waals surface area (Å²) in [5, 5.41) is 1.65. The highest BCUT2D eigenvalue weighted by atomic mass is 79.9. The highest BCUT2D eigenvalue weighted by Gasteiger charge is 2.27. The fourth-order valence-corrected chi connectivity index (χ4v) is 1.90. The molecule has 1 aromatic carbocycles. The first-order chi connectivity index (χ1) is 9.60. The summed E-state index contributed by atoms with van der Waals surface area (Å²) in [6.45, 7) is -0.857. The van der Waals surface area contributed by atoms with Crippen molar-refractivity contribution in [3.05, 3.63) is 22.2 Å². The number of carbonyl (C=O) groups excluding carboxylic acids is 2. The first kappa shape index (κ1) is 17.3. The standard InChI is InChI=1S/C12H12BrF3N2O3/c1-6(19)8-2-7(13)3-9(17)11(8)21-4-10(20)18-5-12(14,15)16/h2-3H,4-5,17H2,1H3,(H,18,20). The molecule has 0 saturated heterocycles. The predicted molar refractivity (Wildman–Crippen MR) is 73.1 cm³/mol. The maximum absolute atomic E-state index is 11.9. The van der Waals surface area contributed by atoms with E-state index in [1.54, 1.807) is 5.32 Å². The number of carbonyl (C=O) groups is 2. The molecule has 9 heteroatoms. The van der Waals surface area contributed by atoms with Crippen LogP contribution in [0, 0.1) is 0 Å². The molecule has 0 aliphatic rings. The largest absolute Gasteiger partial charge is 0.481 e. The summed E-state index contributed by atoms with van der Waals surface area (Å²) in [7, 11) is 0. The van der Waals surface area contributed by atoms with Crippen molar-refractivity contribution in [2.24, 2.45) is 0 Å². The van der Waals surface area contributed by atoms with Gasteiger partial charge in [0.2, 0.25) is 0 Å². The lowest BCUT2D eigenvalue weighted by Crippen LogP contribution is -2.36. The van der Waals surface area contributed by atoms with Crippen LogP contribution in [0.25, 0.3) is 0 Å². The normalized spacial score (nSPS) is 11.1. The van der Waals surface area contributed by atoms with Gasteiger partial charge in [-0.1, -0.05) is 15.9 Å². The van der Waals surface area contributed by atoms with Crippen molar-refractivity contribution in [2.45, 2.75) is 13.1 Å². The molecule has 0 spiro atoms. The van der Waals surface area contributed by atoms with E-state index in [0.29, 0.717) is 4.47 Å². The van der Waals surface area contributed by atoms with Crippen LogP contribution in [0.4, 0.5) is 18.9 Å². The van der Waals surface area contributed by atoms with Crippen LogP contribution >= 0.6 is 15.9 Å². The van der Waals surface area contributed by atoms with Crippen LogP contribution in [-0.2, 0) is 4.79 Å². The van der Waals surface area contributed by atoms with E-state index in [4.69, 9.17) is 10.5 Å². The summed E-state index contributed by atoms with van der Waals surface area (Å²) in [6, 6.07) is 2.90. The number of nitrogens with two attached hydrogens (primary N) is 1. The van der Waals surface area contributed by atoms with Crippen molar-refractivity contribution in [3.8, 4) is 5.75 Å². The van der Waals surface area contributed by atoms with Gasteiger partial charge in [0.25, 0.3) is 5.91 Å². The summed E-state index contributed by atoms with van der Waals surface area (Å²) in [5.74, 6) is -1.36. The minimum atomic E-state index is -4.50. The Morgan fingerprint density at radius 1 is 1.38 bits per heavy atom. The molecule has 3 N–H and O–H groups in total. The Hall–Kier alpha value is -1.77. The smallest absolute Gasteiger partial charge is 0.405 e. The van der Waals surface area contributed by atoms with Gasteiger partial charge in [0.05, 0.1) is 11.3 Å².